The molecule has 1 aromatic heterocycles. The molecule has 1 aromatic carbocycles. The van der Waals surface area contributed by atoms with Gasteiger partial charge in [-0.3, -0.25) is 5.32 Å². The highest BCUT2D eigenvalue weighted by Crippen LogP contribution is 2.22. The van der Waals surface area contributed by atoms with Crippen LogP contribution in [-0.2, 0) is 11.3 Å². The van der Waals surface area contributed by atoms with Crippen LogP contribution in [0, 0.1) is 6.92 Å². The third kappa shape index (κ3) is 3.62. The lowest BCUT2D eigenvalue weighted by Gasteiger charge is -2.15. The van der Waals surface area contributed by atoms with Crippen LogP contribution in [0.3, 0.4) is 0 Å². The molecule has 0 saturated carbocycles. The topological polar surface area (TPSA) is 89.3 Å². The number of hydrogen-bond donors (Lipinski definition) is 3. The van der Waals surface area contributed by atoms with Gasteiger partial charge in [0.05, 0.1) is 12.8 Å². The number of rotatable bonds is 4. The lowest BCUT2D eigenvalue weighted by atomic mass is 10.1. The van der Waals surface area contributed by atoms with Crippen molar-refractivity contribution in [1.82, 2.24) is 4.98 Å². The maximum Gasteiger partial charge on any atom is 0.411 e. The van der Waals surface area contributed by atoms with Gasteiger partial charge in [-0.05, 0) is 36.2 Å². The molecule has 0 spiro atoms. The van der Waals surface area contributed by atoms with Gasteiger partial charge >= 0.3 is 6.09 Å². The molecular formula is C15H18N4O2. The van der Waals surface area contributed by atoms with Crippen molar-refractivity contribution in [2.75, 3.05) is 23.5 Å². The van der Waals surface area contributed by atoms with Gasteiger partial charge in [-0.2, -0.15) is 0 Å². The molecule has 0 bridgehead atoms. The third-order valence-corrected chi connectivity index (χ3v) is 3.13. The van der Waals surface area contributed by atoms with Crippen molar-refractivity contribution in [3.05, 3.63) is 47.7 Å². The van der Waals surface area contributed by atoms with Crippen molar-refractivity contribution in [1.29, 1.82) is 0 Å². The van der Waals surface area contributed by atoms with Crippen molar-refractivity contribution in [3.8, 4) is 0 Å². The molecule has 0 atom stereocenters. The zero-order valence-corrected chi connectivity index (χ0v) is 12.0. The van der Waals surface area contributed by atoms with E-state index in [1.165, 1.54) is 7.11 Å². The van der Waals surface area contributed by atoms with Gasteiger partial charge in [0.25, 0.3) is 0 Å². The molecule has 0 radical (unpaired) electrons. The number of anilines is 3. The lowest BCUT2D eigenvalue weighted by Crippen LogP contribution is -2.14. The Morgan fingerprint density at radius 1 is 1.29 bits per heavy atom. The summed E-state index contributed by atoms with van der Waals surface area (Å²) in [5.41, 5.74) is 9.28. The van der Waals surface area contributed by atoms with E-state index in [1.807, 2.05) is 37.3 Å². The fourth-order valence-corrected chi connectivity index (χ4v) is 1.97. The minimum atomic E-state index is -0.497. The summed E-state index contributed by atoms with van der Waals surface area (Å²) >= 11 is 0. The number of nitrogens with zero attached hydrogens (tertiary/aromatic N) is 1. The predicted octanol–water partition coefficient (Wildman–Crippen LogP) is 2.76. The minimum Gasteiger partial charge on any atom is -0.453 e. The number of nitrogens with two attached hydrogens (primary N) is 1. The molecule has 21 heavy (non-hydrogen) atoms. The largest absolute Gasteiger partial charge is 0.453 e. The zero-order valence-electron chi connectivity index (χ0n) is 12.0. The highest BCUT2D eigenvalue weighted by Gasteiger charge is 2.09. The maximum absolute atomic E-state index is 11.4. The number of pyridine rings is 1. The first-order chi connectivity index (χ1) is 10.1. The average molecular weight is 286 g/mol. The number of methoxy groups -OCH3 is 1. The Morgan fingerprint density at radius 2 is 2.05 bits per heavy atom. The predicted molar refractivity (Wildman–Crippen MR) is 83.2 cm³/mol. The molecule has 0 unspecified atom stereocenters. The Kier molecular flexibility index (Phi) is 4.61. The van der Waals surface area contributed by atoms with Crippen LogP contribution in [-0.4, -0.2) is 18.2 Å². The molecule has 0 aliphatic carbocycles. The maximum atomic E-state index is 11.4. The number of benzene rings is 1. The van der Waals surface area contributed by atoms with E-state index < -0.39 is 6.09 Å². The van der Waals surface area contributed by atoms with Crippen LogP contribution in [0.25, 0.3) is 0 Å². The first-order valence-corrected chi connectivity index (χ1v) is 6.49. The molecule has 2 aromatic rings. The van der Waals surface area contributed by atoms with E-state index in [0.717, 1.165) is 16.8 Å². The monoisotopic (exact) mass is 286 g/mol. The van der Waals surface area contributed by atoms with Gasteiger partial charge in [0, 0.05) is 18.4 Å². The Bertz CT molecular complexity index is 643. The SMILES string of the molecule is COC(=O)Nc1cccc(C)c1CNc1cccnc1N. The fraction of sp³-hybridized carbons (Fsp3) is 0.200. The summed E-state index contributed by atoms with van der Waals surface area (Å²) < 4.78 is 4.63. The standard InChI is InChI=1S/C15H18N4O2/c1-10-5-3-6-12(19-15(20)21-2)11(10)9-18-13-7-4-8-17-14(13)16/h3-8,18H,9H2,1-2H3,(H2,16,17)(H,19,20). The average Bonchev–Trinajstić information content (AvgIpc) is 2.48. The number of hydrogen-bond acceptors (Lipinski definition) is 5. The Balaban J connectivity index is 2.19. The van der Waals surface area contributed by atoms with Gasteiger partial charge in [0.2, 0.25) is 0 Å². The Hall–Kier alpha value is -2.76. The van der Waals surface area contributed by atoms with Gasteiger partial charge in [-0.15, -0.1) is 0 Å². The first kappa shape index (κ1) is 14.6. The zero-order chi connectivity index (χ0) is 15.2. The second kappa shape index (κ2) is 6.60. The van der Waals surface area contributed by atoms with Crippen molar-refractivity contribution >= 4 is 23.3 Å². The number of nitrogens with one attached hydrogen (secondary N) is 2. The molecule has 0 saturated heterocycles. The normalized spacial score (nSPS) is 10.0. The van der Waals surface area contributed by atoms with Gasteiger partial charge in [0.1, 0.15) is 5.82 Å². The summed E-state index contributed by atoms with van der Waals surface area (Å²) in [6, 6.07) is 9.35. The van der Waals surface area contributed by atoms with E-state index in [-0.39, 0.29) is 0 Å². The van der Waals surface area contributed by atoms with Crippen molar-refractivity contribution in [2.24, 2.45) is 0 Å². The molecule has 0 aliphatic rings. The number of aryl methyl sites for hydroxylation is 1. The second-order valence-electron chi connectivity index (χ2n) is 4.51. The van der Waals surface area contributed by atoms with Crippen LogP contribution >= 0.6 is 0 Å². The Labute approximate surface area is 123 Å². The van der Waals surface area contributed by atoms with Crippen LogP contribution in [0.4, 0.5) is 22.0 Å². The van der Waals surface area contributed by atoms with Gasteiger partial charge < -0.3 is 15.8 Å². The van der Waals surface area contributed by atoms with Crippen LogP contribution < -0.4 is 16.4 Å². The molecule has 1 amide bonds. The minimum absolute atomic E-state index is 0.438. The molecule has 1 heterocycles. The van der Waals surface area contributed by atoms with Gasteiger partial charge in [0.15, 0.2) is 0 Å². The van der Waals surface area contributed by atoms with Crippen molar-refractivity contribution in [3.63, 3.8) is 0 Å². The summed E-state index contributed by atoms with van der Waals surface area (Å²) in [6.45, 7) is 2.49. The van der Waals surface area contributed by atoms with Gasteiger partial charge in [-0.25, -0.2) is 9.78 Å². The summed E-state index contributed by atoms with van der Waals surface area (Å²) in [7, 11) is 1.33. The van der Waals surface area contributed by atoms with Gasteiger partial charge in [-0.1, -0.05) is 12.1 Å². The summed E-state index contributed by atoms with van der Waals surface area (Å²) in [5, 5.41) is 5.93. The number of nitrogen functional groups attached to an aromatic ring is 1. The quantitative estimate of drug-likeness (QED) is 0.804. The van der Waals surface area contributed by atoms with E-state index in [1.54, 1.807) is 6.20 Å². The van der Waals surface area contributed by atoms with Crippen LogP contribution in [0.1, 0.15) is 11.1 Å². The molecule has 4 N–H and O–H groups in total. The van der Waals surface area contributed by atoms with Crippen molar-refractivity contribution in [2.45, 2.75) is 13.5 Å². The van der Waals surface area contributed by atoms with Crippen molar-refractivity contribution < 1.29 is 9.53 Å². The van der Waals surface area contributed by atoms with Crippen LogP contribution in [0.15, 0.2) is 36.5 Å². The number of amides is 1. The number of carbonyl (C=O) groups excluding carboxylic acids is 1. The van der Waals surface area contributed by atoms with E-state index in [9.17, 15) is 4.79 Å². The fourth-order valence-electron chi connectivity index (χ4n) is 1.97. The summed E-state index contributed by atoms with van der Waals surface area (Å²) in [4.78, 5) is 15.4. The van der Waals surface area contributed by atoms with E-state index in [0.29, 0.717) is 18.1 Å². The highest BCUT2D eigenvalue weighted by atomic mass is 16.5. The lowest BCUT2D eigenvalue weighted by molar-refractivity contribution is 0.187. The number of carbonyl (C=O) groups is 1. The third-order valence-electron chi connectivity index (χ3n) is 3.13. The molecule has 0 fully saturated rings. The smallest absolute Gasteiger partial charge is 0.411 e. The second-order valence-corrected chi connectivity index (χ2v) is 4.51. The summed E-state index contributed by atoms with van der Waals surface area (Å²) in [5.74, 6) is 0.438. The highest BCUT2D eigenvalue weighted by molar-refractivity contribution is 5.86. The van der Waals surface area contributed by atoms with E-state index >= 15 is 0 Å². The van der Waals surface area contributed by atoms with Crippen LogP contribution in [0.2, 0.25) is 0 Å². The molecule has 6 heteroatoms. The Morgan fingerprint density at radius 3 is 2.76 bits per heavy atom. The molecular weight excluding hydrogens is 268 g/mol. The van der Waals surface area contributed by atoms with Crippen LogP contribution in [0.5, 0.6) is 0 Å². The molecule has 0 aliphatic heterocycles. The first-order valence-electron chi connectivity index (χ1n) is 6.49. The molecule has 6 nitrogen and oxygen atoms in total. The van der Waals surface area contributed by atoms with E-state index in [4.69, 9.17) is 5.73 Å². The molecule has 110 valence electrons. The number of ether oxygens (including phenoxy) is 1. The molecule has 2 rings (SSSR count). The number of aromatic nitrogens is 1. The van der Waals surface area contributed by atoms with E-state index in [2.05, 4.69) is 20.4 Å². The summed E-state index contributed by atoms with van der Waals surface area (Å²) in [6.07, 6.45) is 1.14.